The molecule has 1 heterocycles. The van der Waals surface area contributed by atoms with E-state index in [1.54, 1.807) is 0 Å². The van der Waals surface area contributed by atoms with E-state index < -0.39 is 51.3 Å². The zero-order chi connectivity index (χ0) is 28.1. The van der Waals surface area contributed by atoms with Crippen LogP contribution in [0.3, 0.4) is 0 Å². The number of alkyl halides is 6. The summed E-state index contributed by atoms with van der Waals surface area (Å²) >= 11 is 0. The number of benzene rings is 2. The Kier molecular flexibility index (Phi) is 7.19. The van der Waals surface area contributed by atoms with Gasteiger partial charge < -0.3 is 10.4 Å². The van der Waals surface area contributed by atoms with Crippen LogP contribution in [-0.2, 0) is 26.8 Å². The van der Waals surface area contributed by atoms with E-state index in [2.05, 4.69) is 5.32 Å². The van der Waals surface area contributed by atoms with Crippen molar-refractivity contribution < 1.29 is 49.1 Å². The van der Waals surface area contributed by atoms with E-state index >= 15 is 0 Å². The summed E-state index contributed by atoms with van der Waals surface area (Å²) in [6.07, 6.45) is -10.4. The summed E-state index contributed by atoms with van der Waals surface area (Å²) in [4.78, 5) is 12.2. The molecule has 14 heteroatoms. The number of nitrogens with one attached hydrogen (secondary N) is 1. The van der Waals surface area contributed by atoms with Crippen molar-refractivity contribution in [1.82, 2.24) is 5.32 Å². The number of halogens is 7. The third-order valence-corrected chi connectivity index (χ3v) is 8.78. The van der Waals surface area contributed by atoms with Gasteiger partial charge in [0.15, 0.2) is 0 Å². The summed E-state index contributed by atoms with van der Waals surface area (Å²) in [7, 11) is -4.53. The number of carbonyl (C=O) groups is 1. The fraction of sp³-hybridized carbons (Fsp3) is 0.458. The van der Waals surface area contributed by atoms with Crippen LogP contribution in [0.1, 0.15) is 43.2 Å². The molecule has 1 saturated carbocycles. The molecule has 1 fully saturated rings. The number of hydrogen-bond donors (Lipinski definition) is 2. The highest BCUT2D eigenvalue weighted by Gasteiger charge is 2.71. The Morgan fingerprint density at radius 1 is 0.974 bits per heavy atom. The molecule has 0 saturated heterocycles. The molecule has 2 N–H and O–H groups in total. The van der Waals surface area contributed by atoms with Crippen LogP contribution in [0.25, 0.3) is 0 Å². The zero-order valence-electron chi connectivity index (χ0n) is 19.6. The Balaban J connectivity index is 1.79. The van der Waals surface area contributed by atoms with Gasteiger partial charge in [-0.1, -0.05) is 12.1 Å². The first-order valence-corrected chi connectivity index (χ1v) is 13.1. The molecule has 1 amide bonds. The Hall–Kier alpha value is -2.87. The van der Waals surface area contributed by atoms with Crippen LogP contribution in [0.4, 0.5) is 36.4 Å². The number of rotatable bonds is 6. The monoisotopic (exact) mass is 568 g/mol. The fourth-order valence-corrected chi connectivity index (χ4v) is 6.35. The van der Waals surface area contributed by atoms with Crippen LogP contribution in [0, 0.1) is 5.82 Å². The lowest BCUT2D eigenvalue weighted by Gasteiger charge is -2.39. The number of nitrogens with zero attached hydrogens (tertiary/aromatic N) is 1. The quantitative estimate of drug-likeness (QED) is 0.495. The number of hydrogen-bond acceptors (Lipinski definition) is 4. The van der Waals surface area contributed by atoms with Crippen LogP contribution in [0.5, 0.6) is 0 Å². The topological polar surface area (TPSA) is 86.7 Å². The highest BCUT2D eigenvalue weighted by atomic mass is 32.2. The van der Waals surface area contributed by atoms with Crippen LogP contribution in [0.15, 0.2) is 47.4 Å². The minimum atomic E-state index is -6.11. The van der Waals surface area contributed by atoms with Gasteiger partial charge in [0.25, 0.3) is 15.6 Å². The Bertz CT molecular complexity index is 1290. The van der Waals surface area contributed by atoms with Crippen molar-refractivity contribution in [2.24, 2.45) is 0 Å². The predicted octanol–water partition coefficient (Wildman–Crippen LogP) is 4.71. The molecule has 2 aliphatic rings. The second-order valence-electron chi connectivity index (χ2n) is 9.40. The smallest absolute Gasteiger partial charge is 0.369 e. The lowest BCUT2D eigenvalue weighted by atomic mass is 9.87. The van der Waals surface area contributed by atoms with Gasteiger partial charge in [0.2, 0.25) is 5.91 Å². The van der Waals surface area contributed by atoms with Gasteiger partial charge in [-0.2, -0.15) is 26.3 Å². The molecule has 0 unspecified atom stereocenters. The highest BCUT2D eigenvalue weighted by molar-refractivity contribution is 7.92. The molecule has 1 atom stereocenters. The van der Waals surface area contributed by atoms with E-state index in [0.29, 0.717) is 12.1 Å². The first-order valence-electron chi connectivity index (χ1n) is 11.6. The summed E-state index contributed by atoms with van der Waals surface area (Å²) in [6, 6.07) is 4.22. The Morgan fingerprint density at radius 3 is 2.11 bits per heavy atom. The number of amides is 1. The van der Waals surface area contributed by atoms with Crippen LogP contribution < -0.4 is 9.62 Å². The molecule has 6 nitrogen and oxygen atoms in total. The first kappa shape index (κ1) is 28.1. The molecular formula is C24H23F7N2O4S. The Morgan fingerprint density at radius 2 is 1.58 bits per heavy atom. The molecular weight excluding hydrogens is 545 g/mol. The van der Waals surface area contributed by atoms with Gasteiger partial charge in [-0.25, -0.2) is 12.8 Å². The van der Waals surface area contributed by atoms with Gasteiger partial charge in [-0.05, 0) is 68.0 Å². The largest absolute Gasteiger partial charge is 0.430 e. The van der Waals surface area contributed by atoms with Crippen molar-refractivity contribution >= 4 is 21.6 Å². The van der Waals surface area contributed by atoms with Crippen molar-refractivity contribution in [1.29, 1.82) is 0 Å². The minimum absolute atomic E-state index is 0.0505. The van der Waals surface area contributed by atoms with Gasteiger partial charge in [-0.15, -0.1) is 0 Å². The maximum absolute atomic E-state index is 13.6. The molecule has 0 spiro atoms. The van der Waals surface area contributed by atoms with Crippen molar-refractivity contribution in [3.8, 4) is 0 Å². The zero-order valence-corrected chi connectivity index (χ0v) is 20.4. The number of fused-ring (bicyclic) bond motifs is 1. The summed E-state index contributed by atoms with van der Waals surface area (Å²) in [5.74, 6) is -1.19. The summed E-state index contributed by atoms with van der Waals surface area (Å²) in [5.41, 5.74) is -7.14. The van der Waals surface area contributed by atoms with Crippen LogP contribution >= 0.6 is 0 Å². The van der Waals surface area contributed by atoms with Gasteiger partial charge in [-0.3, -0.25) is 9.10 Å². The van der Waals surface area contributed by atoms with Crippen molar-refractivity contribution in [2.75, 3.05) is 4.31 Å². The highest BCUT2D eigenvalue weighted by Crippen LogP contribution is 2.51. The van der Waals surface area contributed by atoms with E-state index in [0.717, 1.165) is 53.9 Å². The second-order valence-corrected chi connectivity index (χ2v) is 11.2. The average molecular weight is 569 g/mol. The van der Waals surface area contributed by atoms with E-state index in [9.17, 15) is 49.1 Å². The molecule has 0 bridgehead atoms. The van der Waals surface area contributed by atoms with Crippen LogP contribution in [-0.4, -0.2) is 43.9 Å². The standard InChI is InChI=1S/C24H23F7N2O4S/c25-16-6-9-19(10-7-16)38(36,37)33-18(13-21(34)32-17-2-1-3-17)8-4-14-12-15(5-11-20(14)33)22(35,23(26,27)28)24(29,30)31/h5-7,9-12,17-18,35H,1-4,8,13H2,(H,32,34)/t18-/m0/s1. The first-order chi connectivity index (χ1) is 17.6. The maximum Gasteiger partial charge on any atom is 0.430 e. The van der Waals surface area contributed by atoms with Crippen LogP contribution in [0.2, 0.25) is 0 Å². The number of aryl methyl sites for hydroxylation is 1. The molecule has 208 valence electrons. The normalized spacial score (nSPS) is 19.1. The molecule has 2 aromatic rings. The van der Waals surface area contributed by atoms with Gasteiger partial charge in [0, 0.05) is 18.0 Å². The van der Waals surface area contributed by atoms with Gasteiger partial charge in [0.05, 0.1) is 16.6 Å². The van der Waals surface area contributed by atoms with E-state index in [-0.39, 0.29) is 41.5 Å². The SMILES string of the molecule is O=C(C[C@@H]1CCc2cc(C(O)(C(F)(F)F)C(F)(F)F)ccc2N1S(=O)(=O)c1ccc(F)cc1)NC1CCC1. The van der Waals surface area contributed by atoms with E-state index in [4.69, 9.17) is 0 Å². The number of sulfonamides is 1. The third kappa shape index (κ3) is 4.95. The number of aliphatic hydroxyl groups is 1. The predicted molar refractivity (Wildman–Crippen MR) is 121 cm³/mol. The molecule has 0 radical (unpaired) electrons. The second kappa shape index (κ2) is 9.70. The van der Waals surface area contributed by atoms with Crippen molar-refractivity contribution in [3.05, 3.63) is 59.4 Å². The molecule has 2 aromatic carbocycles. The van der Waals surface area contributed by atoms with Gasteiger partial charge in [0.1, 0.15) is 5.82 Å². The Labute approximate surface area is 213 Å². The maximum atomic E-state index is 13.6. The third-order valence-electron chi connectivity index (χ3n) is 6.90. The van der Waals surface area contributed by atoms with Gasteiger partial charge >= 0.3 is 12.4 Å². The minimum Gasteiger partial charge on any atom is -0.369 e. The average Bonchev–Trinajstić information content (AvgIpc) is 2.79. The lowest BCUT2D eigenvalue weighted by molar-refractivity contribution is -0.376. The number of carbonyl (C=O) groups excluding carboxylic acids is 1. The van der Waals surface area contributed by atoms with E-state index in [1.165, 1.54) is 0 Å². The van der Waals surface area contributed by atoms with Crippen molar-refractivity contribution in [3.63, 3.8) is 0 Å². The lowest BCUT2D eigenvalue weighted by Crippen LogP contribution is -2.54. The number of anilines is 1. The fourth-order valence-electron chi connectivity index (χ4n) is 4.63. The molecule has 4 rings (SSSR count). The summed E-state index contributed by atoms with van der Waals surface area (Å²) in [5, 5.41) is 12.6. The summed E-state index contributed by atoms with van der Waals surface area (Å²) in [6.45, 7) is 0. The molecule has 1 aliphatic heterocycles. The van der Waals surface area contributed by atoms with E-state index in [1.807, 2.05) is 0 Å². The molecule has 38 heavy (non-hydrogen) atoms. The summed E-state index contributed by atoms with van der Waals surface area (Å²) < 4.78 is 122. The molecule has 1 aliphatic carbocycles. The van der Waals surface area contributed by atoms with Crippen molar-refractivity contribution in [2.45, 2.75) is 73.5 Å². The molecule has 0 aromatic heterocycles.